The topological polar surface area (TPSA) is 44.4 Å². The second kappa shape index (κ2) is 8.18. The van der Waals surface area contributed by atoms with Gasteiger partial charge >= 0.3 is 0 Å². The van der Waals surface area contributed by atoms with Crippen LogP contribution in [-0.4, -0.2) is 48.1 Å². The molecule has 0 spiro atoms. The van der Waals surface area contributed by atoms with E-state index in [-0.39, 0.29) is 18.0 Å². The molecule has 2 aliphatic heterocycles. The molecule has 0 bridgehead atoms. The van der Waals surface area contributed by atoms with Crippen molar-refractivity contribution < 1.29 is 4.79 Å². The zero-order chi connectivity index (χ0) is 16.1. The van der Waals surface area contributed by atoms with Gasteiger partial charge in [0, 0.05) is 18.2 Å². The lowest BCUT2D eigenvalue weighted by Crippen LogP contribution is -2.46. The Morgan fingerprint density at radius 3 is 2.74 bits per heavy atom. The van der Waals surface area contributed by atoms with Gasteiger partial charge in [-0.25, -0.2) is 0 Å². The van der Waals surface area contributed by atoms with E-state index in [1.165, 1.54) is 18.4 Å². The quantitative estimate of drug-likeness (QED) is 0.867. The van der Waals surface area contributed by atoms with Crippen molar-refractivity contribution in [1.29, 1.82) is 0 Å². The minimum Gasteiger partial charge on any atom is -0.353 e. The van der Waals surface area contributed by atoms with Crippen molar-refractivity contribution in [2.24, 2.45) is 5.92 Å². The maximum absolute atomic E-state index is 12.3. The minimum absolute atomic E-state index is 0.0298. The molecule has 2 atom stereocenters. The van der Waals surface area contributed by atoms with Crippen LogP contribution in [-0.2, 0) is 4.79 Å². The average Bonchev–Trinajstić information content (AvgIpc) is 3.12. The fraction of sp³-hybridized carbons (Fsp3) is 0.611. The number of rotatable bonds is 5. The van der Waals surface area contributed by atoms with E-state index < -0.39 is 0 Å². The van der Waals surface area contributed by atoms with Crippen molar-refractivity contribution in [2.75, 3.05) is 31.3 Å². The molecule has 1 aromatic carbocycles. The number of hydrogen-bond acceptors (Lipinski definition) is 4. The number of amides is 1. The number of benzene rings is 1. The molecule has 3 rings (SSSR count). The van der Waals surface area contributed by atoms with Gasteiger partial charge in [-0.15, -0.1) is 11.8 Å². The third-order valence-electron chi connectivity index (χ3n) is 4.95. The molecule has 126 valence electrons. The number of piperidine rings is 1. The fourth-order valence-electron chi connectivity index (χ4n) is 3.36. The van der Waals surface area contributed by atoms with Gasteiger partial charge < -0.3 is 5.32 Å². The Bertz CT molecular complexity index is 496. The van der Waals surface area contributed by atoms with E-state index in [0.717, 1.165) is 30.6 Å². The molecule has 1 amide bonds. The summed E-state index contributed by atoms with van der Waals surface area (Å²) in [6, 6.07) is 10.8. The highest BCUT2D eigenvalue weighted by molar-refractivity contribution is 7.99. The summed E-state index contributed by atoms with van der Waals surface area (Å²) in [5.41, 5.74) is 1.30. The van der Waals surface area contributed by atoms with E-state index in [4.69, 9.17) is 0 Å². The van der Waals surface area contributed by atoms with Crippen molar-refractivity contribution in [3.05, 3.63) is 35.9 Å². The Labute approximate surface area is 143 Å². The summed E-state index contributed by atoms with van der Waals surface area (Å²) in [4.78, 5) is 14.8. The van der Waals surface area contributed by atoms with Gasteiger partial charge in [-0.1, -0.05) is 37.3 Å². The summed E-state index contributed by atoms with van der Waals surface area (Å²) in [7, 11) is 0. The Hall–Kier alpha value is -1.04. The maximum atomic E-state index is 12.3. The second-order valence-electron chi connectivity index (χ2n) is 6.66. The van der Waals surface area contributed by atoms with Gasteiger partial charge in [-0.3, -0.25) is 15.0 Å². The predicted octanol–water partition coefficient (Wildman–Crippen LogP) is 2.24. The first-order chi connectivity index (χ1) is 11.2. The largest absolute Gasteiger partial charge is 0.353 e. The summed E-state index contributed by atoms with van der Waals surface area (Å²) in [6.45, 7) is 5.27. The number of hydrogen-bond donors (Lipinski definition) is 2. The molecule has 4 nitrogen and oxygen atoms in total. The summed E-state index contributed by atoms with van der Waals surface area (Å²) >= 11 is 1.79. The first kappa shape index (κ1) is 16.8. The van der Waals surface area contributed by atoms with Crippen LogP contribution in [0.2, 0.25) is 0 Å². The Balaban J connectivity index is 1.64. The summed E-state index contributed by atoms with van der Waals surface area (Å²) in [5, 5.41) is 6.42. The standard InChI is InChI=1S/C18H27N3OS/c1-14-7-9-21(10-8-14)17(15-5-3-2-4-6-15)11-19-18(22)16-12-23-13-20-16/h2-6,14,16-17,20H,7-13H2,1H3,(H,19,22). The van der Waals surface area contributed by atoms with Crippen molar-refractivity contribution in [1.82, 2.24) is 15.5 Å². The smallest absolute Gasteiger partial charge is 0.238 e. The number of nitrogens with zero attached hydrogens (tertiary/aromatic N) is 1. The fourth-order valence-corrected chi connectivity index (χ4v) is 4.30. The monoisotopic (exact) mass is 333 g/mol. The molecule has 2 unspecified atom stereocenters. The van der Waals surface area contributed by atoms with Crippen molar-refractivity contribution in [2.45, 2.75) is 31.8 Å². The molecule has 2 heterocycles. The molecular weight excluding hydrogens is 306 g/mol. The molecule has 23 heavy (non-hydrogen) atoms. The molecule has 2 saturated heterocycles. The molecule has 2 N–H and O–H groups in total. The third kappa shape index (κ3) is 4.49. The Kier molecular flexibility index (Phi) is 5.97. The van der Waals surface area contributed by atoms with Gasteiger partial charge in [0.2, 0.25) is 5.91 Å². The molecule has 0 saturated carbocycles. The molecule has 1 aromatic rings. The van der Waals surface area contributed by atoms with Crippen molar-refractivity contribution >= 4 is 17.7 Å². The van der Waals surface area contributed by atoms with E-state index in [2.05, 4.69) is 52.8 Å². The first-order valence-corrected chi connectivity index (χ1v) is 9.77. The number of likely N-dealkylation sites (tertiary alicyclic amines) is 1. The van der Waals surface area contributed by atoms with Gasteiger partial charge in [0.05, 0.1) is 12.1 Å². The zero-order valence-electron chi connectivity index (χ0n) is 13.8. The molecule has 0 radical (unpaired) electrons. The highest BCUT2D eigenvalue weighted by Gasteiger charge is 2.27. The van der Waals surface area contributed by atoms with Crippen LogP contribution in [0.3, 0.4) is 0 Å². The molecular formula is C18H27N3OS. The van der Waals surface area contributed by atoms with Crippen LogP contribution < -0.4 is 10.6 Å². The molecule has 2 aliphatic rings. The Morgan fingerprint density at radius 2 is 2.09 bits per heavy atom. The van der Waals surface area contributed by atoms with Crippen LogP contribution in [0.15, 0.2) is 30.3 Å². The predicted molar refractivity (Wildman–Crippen MR) is 96.4 cm³/mol. The lowest BCUT2D eigenvalue weighted by Gasteiger charge is -2.37. The van der Waals surface area contributed by atoms with Crippen LogP contribution in [0.25, 0.3) is 0 Å². The normalized spacial score (nSPS) is 24.5. The van der Waals surface area contributed by atoms with Gasteiger partial charge in [-0.2, -0.15) is 0 Å². The van der Waals surface area contributed by atoms with Gasteiger partial charge in [-0.05, 0) is 37.4 Å². The van der Waals surface area contributed by atoms with Gasteiger partial charge in [0.25, 0.3) is 0 Å². The lowest BCUT2D eigenvalue weighted by atomic mass is 9.95. The minimum atomic E-state index is -0.0298. The number of carbonyl (C=O) groups is 1. The van der Waals surface area contributed by atoms with E-state index in [1.807, 2.05) is 0 Å². The van der Waals surface area contributed by atoms with Crippen LogP contribution in [0.5, 0.6) is 0 Å². The molecule has 0 aliphatic carbocycles. The average molecular weight is 334 g/mol. The molecule has 2 fully saturated rings. The van der Waals surface area contributed by atoms with Gasteiger partial charge in [0.1, 0.15) is 0 Å². The van der Waals surface area contributed by atoms with Crippen LogP contribution in [0.1, 0.15) is 31.4 Å². The lowest BCUT2D eigenvalue weighted by molar-refractivity contribution is -0.122. The van der Waals surface area contributed by atoms with E-state index in [9.17, 15) is 4.79 Å². The van der Waals surface area contributed by atoms with Gasteiger partial charge in [0.15, 0.2) is 0 Å². The maximum Gasteiger partial charge on any atom is 0.238 e. The van der Waals surface area contributed by atoms with Crippen LogP contribution >= 0.6 is 11.8 Å². The van der Waals surface area contributed by atoms with Crippen molar-refractivity contribution in [3.8, 4) is 0 Å². The number of carbonyl (C=O) groups excluding carboxylic acids is 1. The summed E-state index contributed by atoms with van der Waals surface area (Å²) < 4.78 is 0. The Morgan fingerprint density at radius 1 is 1.35 bits per heavy atom. The summed E-state index contributed by atoms with van der Waals surface area (Å²) in [6.07, 6.45) is 2.50. The van der Waals surface area contributed by atoms with E-state index in [0.29, 0.717) is 6.54 Å². The highest BCUT2D eigenvalue weighted by Crippen LogP contribution is 2.26. The van der Waals surface area contributed by atoms with E-state index in [1.54, 1.807) is 11.8 Å². The molecule has 0 aromatic heterocycles. The van der Waals surface area contributed by atoms with E-state index >= 15 is 0 Å². The summed E-state index contributed by atoms with van der Waals surface area (Å²) in [5.74, 6) is 2.71. The van der Waals surface area contributed by atoms with Crippen LogP contribution in [0.4, 0.5) is 0 Å². The zero-order valence-corrected chi connectivity index (χ0v) is 14.6. The second-order valence-corrected chi connectivity index (χ2v) is 7.69. The van der Waals surface area contributed by atoms with Crippen molar-refractivity contribution in [3.63, 3.8) is 0 Å². The number of thioether (sulfide) groups is 1. The molecule has 5 heteroatoms. The SMILES string of the molecule is CC1CCN(C(CNC(=O)C2CSCN2)c2ccccc2)CC1. The first-order valence-electron chi connectivity index (χ1n) is 8.62. The van der Waals surface area contributed by atoms with Crippen LogP contribution in [0, 0.1) is 5.92 Å². The highest BCUT2D eigenvalue weighted by atomic mass is 32.2. The number of nitrogens with one attached hydrogen (secondary N) is 2. The third-order valence-corrected chi connectivity index (χ3v) is 5.89.